The molecule has 1 aromatic heterocycles. The van der Waals surface area contributed by atoms with Crippen molar-refractivity contribution in [2.24, 2.45) is 5.92 Å². The van der Waals surface area contributed by atoms with E-state index in [0.29, 0.717) is 0 Å². The molecule has 1 heterocycles. The number of rotatable bonds is 1. The van der Waals surface area contributed by atoms with E-state index in [4.69, 9.17) is 21.1 Å². The van der Waals surface area contributed by atoms with Gasteiger partial charge in [0.25, 0.3) is 0 Å². The first-order valence-electron chi connectivity index (χ1n) is 4.60. The van der Waals surface area contributed by atoms with Crippen LogP contribution < -0.4 is 0 Å². The predicted molar refractivity (Wildman–Crippen MR) is 51.6 cm³/mol. The quantitative estimate of drug-likeness (QED) is 0.782. The standard InChI is InChI=1S/C10H11ClO3/c1-5-2-3-7-6(4-8(11)14-7)9(5)10(12)13/h4-5,9H,2-3H2,1H3,(H,12,13). The van der Waals surface area contributed by atoms with Gasteiger partial charge in [-0.2, -0.15) is 0 Å². The SMILES string of the molecule is CC1CCc2oc(Cl)cc2C1C(=O)O. The summed E-state index contributed by atoms with van der Waals surface area (Å²) in [5.74, 6) is -0.375. The van der Waals surface area contributed by atoms with Crippen LogP contribution >= 0.6 is 11.6 Å². The molecule has 0 bridgehead atoms. The van der Waals surface area contributed by atoms with Gasteiger partial charge in [-0.15, -0.1) is 0 Å². The number of hydrogen-bond donors (Lipinski definition) is 1. The highest BCUT2D eigenvalue weighted by Gasteiger charge is 2.34. The third-order valence-electron chi connectivity index (χ3n) is 2.81. The van der Waals surface area contributed by atoms with Crippen LogP contribution in [-0.2, 0) is 11.2 Å². The summed E-state index contributed by atoms with van der Waals surface area (Å²) in [4.78, 5) is 11.1. The van der Waals surface area contributed by atoms with Crippen molar-refractivity contribution in [1.29, 1.82) is 0 Å². The summed E-state index contributed by atoms with van der Waals surface area (Å²) in [7, 11) is 0. The van der Waals surface area contributed by atoms with Crippen LogP contribution in [0.2, 0.25) is 5.22 Å². The van der Waals surface area contributed by atoms with Crippen LogP contribution in [0.3, 0.4) is 0 Å². The summed E-state index contributed by atoms with van der Waals surface area (Å²) in [6.45, 7) is 1.95. The maximum Gasteiger partial charge on any atom is 0.311 e. The van der Waals surface area contributed by atoms with Crippen molar-refractivity contribution in [3.8, 4) is 0 Å². The van der Waals surface area contributed by atoms with Gasteiger partial charge in [0.1, 0.15) is 5.76 Å². The lowest BCUT2D eigenvalue weighted by atomic mass is 9.79. The Morgan fingerprint density at radius 3 is 3.07 bits per heavy atom. The molecule has 4 heteroatoms. The van der Waals surface area contributed by atoms with Crippen LogP contribution in [0.5, 0.6) is 0 Å². The molecule has 0 aliphatic heterocycles. The van der Waals surface area contributed by atoms with Gasteiger partial charge in [0.05, 0.1) is 5.92 Å². The highest BCUT2D eigenvalue weighted by atomic mass is 35.5. The summed E-state index contributed by atoms with van der Waals surface area (Å²) in [5, 5.41) is 9.37. The molecule has 1 N–H and O–H groups in total. The predicted octanol–water partition coefficient (Wildman–Crippen LogP) is 2.68. The molecule has 1 aliphatic rings. The van der Waals surface area contributed by atoms with E-state index in [2.05, 4.69) is 0 Å². The van der Waals surface area contributed by atoms with Gasteiger partial charge in [0.2, 0.25) is 0 Å². The molecule has 0 fully saturated rings. The zero-order valence-corrected chi connectivity index (χ0v) is 8.54. The van der Waals surface area contributed by atoms with Crippen LogP contribution in [0.25, 0.3) is 0 Å². The molecule has 3 nitrogen and oxygen atoms in total. The van der Waals surface area contributed by atoms with Crippen molar-refractivity contribution in [3.63, 3.8) is 0 Å². The van der Waals surface area contributed by atoms with Crippen molar-refractivity contribution in [2.75, 3.05) is 0 Å². The molecule has 2 unspecified atom stereocenters. The zero-order chi connectivity index (χ0) is 10.3. The zero-order valence-electron chi connectivity index (χ0n) is 7.79. The molecule has 14 heavy (non-hydrogen) atoms. The van der Waals surface area contributed by atoms with E-state index in [1.807, 2.05) is 6.92 Å². The van der Waals surface area contributed by atoms with E-state index in [1.54, 1.807) is 6.07 Å². The Kier molecular flexibility index (Phi) is 2.27. The second-order valence-electron chi connectivity index (χ2n) is 3.76. The summed E-state index contributed by atoms with van der Waals surface area (Å²) in [5.41, 5.74) is 0.751. The molecular formula is C10H11ClO3. The van der Waals surface area contributed by atoms with Gasteiger partial charge in [0.15, 0.2) is 5.22 Å². The molecule has 0 aromatic carbocycles. The Morgan fingerprint density at radius 2 is 2.43 bits per heavy atom. The van der Waals surface area contributed by atoms with Gasteiger partial charge < -0.3 is 9.52 Å². The van der Waals surface area contributed by atoms with E-state index in [0.717, 1.165) is 24.2 Å². The monoisotopic (exact) mass is 214 g/mol. The van der Waals surface area contributed by atoms with Crippen molar-refractivity contribution in [2.45, 2.75) is 25.7 Å². The summed E-state index contributed by atoms with van der Waals surface area (Å²) in [6, 6.07) is 1.63. The van der Waals surface area contributed by atoms with Crippen LogP contribution in [-0.4, -0.2) is 11.1 Å². The number of carboxylic acids is 1. The van der Waals surface area contributed by atoms with Crippen LogP contribution in [0, 0.1) is 5.92 Å². The lowest BCUT2D eigenvalue weighted by Gasteiger charge is -2.24. The Bertz CT molecular complexity index is 369. The highest BCUT2D eigenvalue weighted by Crippen LogP contribution is 2.38. The molecular weight excluding hydrogens is 204 g/mol. The third-order valence-corrected chi connectivity index (χ3v) is 2.99. The number of aryl methyl sites for hydroxylation is 1. The Hall–Kier alpha value is -0.960. The largest absolute Gasteiger partial charge is 0.481 e. The number of aliphatic carboxylic acids is 1. The molecule has 1 aromatic rings. The smallest absolute Gasteiger partial charge is 0.311 e. The lowest BCUT2D eigenvalue weighted by molar-refractivity contribution is -0.140. The molecule has 0 spiro atoms. The summed E-state index contributed by atoms with van der Waals surface area (Å²) in [6.07, 6.45) is 1.63. The van der Waals surface area contributed by atoms with Crippen molar-refractivity contribution >= 4 is 17.6 Å². The van der Waals surface area contributed by atoms with Gasteiger partial charge in [0, 0.05) is 18.1 Å². The maximum atomic E-state index is 11.1. The number of hydrogen-bond acceptors (Lipinski definition) is 2. The van der Waals surface area contributed by atoms with E-state index in [1.165, 1.54) is 0 Å². The van der Waals surface area contributed by atoms with Crippen molar-refractivity contribution in [1.82, 2.24) is 0 Å². The van der Waals surface area contributed by atoms with Crippen molar-refractivity contribution < 1.29 is 14.3 Å². The first-order valence-corrected chi connectivity index (χ1v) is 4.98. The van der Waals surface area contributed by atoms with E-state index < -0.39 is 11.9 Å². The molecule has 0 radical (unpaired) electrons. The van der Waals surface area contributed by atoms with Gasteiger partial charge in [-0.25, -0.2) is 0 Å². The lowest BCUT2D eigenvalue weighted by Crippen LogP contribution is -2.24. The second kappa shape index (κ2) is 3.31. The molecule has 1 aliphatic carbocycles. The number of fused-ring (bicyclic) bond motifs is 1. The topological polar surface area (TPSA) is 50.4 Å². The van der Waals surface area contributed by atoms with Gasteiger partial charge >= 0.3 is 5.97 Å². The van der Waals surface area contributed by atoms with Crippen LogP contribution in [0.4, 0.5) is 0 Å². The van der Waals surface area contributed by atoms with Gasteiger partial charge in [-0.05, 0) is 23.9 Å². The third kappa shape index (κ3) is 1.42. The van der Waals surface area contributed by atoms with Crippen molar-refractivity contribution in [3.05, 3.63) is 22.6 Å². The molecule has 2 atom stereocenters. The first-order chi connectivity index (χ1) is 6.59. The number of halogens is 1. The van der Waals surface area contributed by atoms with E-state index >= 15 is 0 Å². The highest BCUT2D eigenvalue weighted by molar-refractivity contribution is 6.29. The Morgan fingerprint density at radius 1 is 1.71 bits per heavy atom. The summed E-state index contributed by atoms with van der Waals surface area (Å²) >= 11 is 5.71. The average Bonchev–Trinajstić information content (AvgIpc) is 2.43. The van der Waals surface area contributed by atoms with E-state index in [-0.39, 0.29) is 11.1 Å². The summed E-state index contributed by atoms with van der Waals surface area (Å²) < 4.78 is 5.24. The molecule has 0 amide bonds. The number of carboxylic acid groups (broad SMARTS) is 1. The maximum absolute atomic E-state index is 11.1. The average molecular weight is 215 g/mol. The molecule has 76 valence electrons. The molecule has 0 saturated heterocycles. The van der Waals surface area contributed by atoms with Crippen LogP contribution in [0.1, 0.15) is 30.6 Å². The van der Waals surface area contributed by atoms with Gasteiger partial charge in [-0.1, -0.05) is 6.92 Å². The molecule has 0 saturated carbocycles. The minimum Gasteiger partial charge on any atom is -0.481 e. The number of furan rings is 1. The van der Waals surface area contributed by atoms with E-state index in [9.17, 15) is 4.79 Å². The second-order valence-corrected chi connectivity index (χ2v) is 4.13. The molecule has 2 rings (SSSR count). The fraction of sp³-hybridized carbons (Fsp3) is 0.500. The minimum atomic E-state index is -0.795. The fourth-order valence-electron chi connectivity index (χ4n) is 2.08. The van der Waals surface area contributed by atoms with Gasteiger partial charge in [-0.3, -0.25) is 4.79 Å². The fourth-order valence-corrected chi connectivity index (χ4v) is 2.29. The normalized spacial score (nSPS) is 25.9. The first kappa shape index (κ1) is 9.59. The van der Waals surface area contributed by atoms with Crippen LogP contribution in [0.15, 0.2) is 10.5 Å². The number of carbonyl (C=O) groups is 1. The minimum absolute atomic E-state index is 0.147. The Balaban J connectivity index is 2.45. The Labute approximate surface area is 86.7 Å².